The third-order valence-electron chi connectivity index (χ3n) is 3.30. The van der Waals surface area contributed by atoms with E-state index in [9.17, 15) is 4.79 Å². The molecule has 0 heterocycles. The Kier molecular flexibility index (Phi) is 4.96. The number of carbonyl (C=O) groups is 1. The Bertz CT molecular complexity index is 471. The van der Waals surface area contributed by atoms with Crippen molar-refractivity contribution in [2.45, 2.75) is 32.1 Å². The molecule has 1 aromatic rings. The molecule has 0 amide bonds. The summed E-state index contributed by atoms with van der Waals surface area (Å²) in [5, 5.41) is 0. The topological polar surface area (TPSA) is 26.3 Å². The van der Waals surface area contributed by atoms with E-state index in [4.69, 9.17) is 4.74 Å². The highest BCUT2D eigenvalue weighted by Gasteiger charge is 2.20. The summed E-state index contributed by atoms with van der Waals surface area (Å²) >= 11 is 0. The van der Waals surface area contributed by atoms with Gasteiger partial charge in [0.05, 0.1) is 13.0 Å². The summed E-state index contributed by atoms with van der Waals surface area (Å²) in [5.41, 5.74) is 2.40. The van der Waals surface area contributed by atoms with E-state index in [0.717, 1.165) is 12.8 Å². The van der Waals surface area contributed by atoms with Crippen LogP contribution in [0.3, 0.4) is 0 Å². The maximum atomic E-state index is 11.8. The van der Waals surface area contributed by atoms with Gasteiger partial charge in [0.15, 0.2) is 0 Å². The fraction of sp³-hybridized carbons (Fsp3) is 0.353. The fourth-order valence-corrected chi connectivity index (χ4v) is 2.39. The average Bonchev–Trinajstić information content (AvgIpc) is 2.47. The predicted octanol–water partition coefficient (Wildman–Crippen LogP) is 4.00. The molecule has 2 heteroatoms. The lowest BCUT2D eigenvalue weighted by Crippen LogP contribution is -2.12. The van der Waals surface area contributed by atoms with Gasteiger partial charge in [0.25, 0.3) is 0 Å². The van der Waals surface area contributed by atoms with E-state index < -0.39 is 0 Å². The monoisotopic (exact) mass is 256 g/mol. The van der Waals surface area contributed by atoms with Crippen LogP contribution in [0.1, 0.15) is 37.7 Å². The van der Waals surface area contributed by atoms with Crippen molar-refractivity contribution in [2.24, 2.45) is 0 Å². The number of allylic oxidation sites excluding steroid dienone is 4. The van der Waals surface area contributed by atoms with Gasteiger partial charge in [-0.25, -0.2) is 0 Å². The summed E-state index contributed by atoms with van der Waals surface area (Å²) < 4.78 is 5.09. The van der Waals surface area contributed by atoms with E-state index in [0.29, 0.717) is 13.0 Å². The fourth-order valence-electron chi connectivity index (χ4n) is 2.39. The Morgan fingerprint density at radius 2 is 2.05 bits per heavy atom. The van der Waals surface area contributed by atoms with Crippen molar-refractivity contribution in [2.75, 3.05) is 6.61 Å². The van der Waals surface area contributed by atoms with Crippen molar-refractivity contribution in [3.05, 3.63) is 59.7 Å². The van der Waals surface area contributed by atoms with Crippen LogP contribution in [-0.2, 0) is 9.53 Å². The molecule has 0 bridgehead atoms. The predicted molar refractivity (Wildman–Crippen MR) is 76.9 cm³/mol. The van der Waals surface area contributed by atoms with Crippen LogP contribution in [0.25, 0.3) is 0 Å². The van der Waals surface area contributed by atoms with Gasteiger partial charge < -0.3 is 4.74 Å². The molecular formula is C17H20O2. The van der Waals surface area contributed by atoms with Gasteiger partial charge in [-0.05, 0) is 30.9 Å². The van der Waals surface area contributed by atoms with E-state index in [-0.39, 0.29) is 11.9 Å². The molecular weight excluding hydrogens is 236 g/mol. The molecule has 0 fully saturated rings. The molecule has 0 saturated heterocycles. The number of carbonyl (C=O) groups excluding carboxylic acids is 1. The van der Waals surface area contributed by atoms with Gasteiger partial charge in [-0.15, -0.1) is 0 Å². The van der Waals surface area contributed by atoms with Crippen molar-refractivity contribution < 1.29 is 9.53 Å². The van der Waals surface area contributed by atoms with Crippen LogP contribution in [-0.4, -0.2) is 12.6 Å². The highest BCUT2D eigenvalue weighted by molar-refractivity contribution is 5.71. The number of hydrogen-bond donors (Lipinski definition) is 0. The van der Waals surface area contributed by atoms with E-state index in [2.05, 4.69) is 30.4 Å². The molecule has 100 valence electrons. The lowest BCUT2D eigenvalue weighted by Gasteiger charge is -2.20. The third-order valence-corrected chi connectivity index (χ3v) is 3.30. The number of benzene rings is 1. The van der Waals surface area contributed by atoms with Crippen molar-refractivity contribution in [3.63, 3.8) is 0 Å². The molecule has 1 atom stereocenters. The molecule has 0 spiro atoms. The number of hydrogen-bond acceptors (Lipinski definition) is 2. The minimum absolute atomic E-state index is 0.108. The summed E-state index contributed by atoms with van der Waals surface area (Å²) in [6.45, 7) is 2.28. The first-order valence-electron chi connectivity index (χ1n) is 6.88. The zero-order chi connectivity index (χ0) is 13.5. The third kappa shape index (κ3) is 3.82. The molecule has 1 aromatic carbocycles. The van der Waals surface area contributed by atoms with E-state index in [1.165, 1.54) is 11.1 Å². The molecule has 0 saturated carbocycles. The van der Waals surface area contributed by atoms with Gasteiger partial charge in [-0.3, -0.25) is 4.79 Å². The van der Waals surface area contributed by atoms with Gasteiger partial charge in [0, 0.05) is 5.92 Å². The van der Waals surface area contributed by atoms with Crippen molar-refractivity contribution in [1.29, 1.82) is 0 Å². The zero-order valence-electron chi connectivity index (χ0n) is 11.3. The normalized spacial score (nSPS) is 15.7. The first kappa shape index (κ1) is 13.6. The Morgan fingerprint density at radius 3 is 2.68 bits per heavy atom. The van der Waals surface area contributed by atoms with Crippen LogP contribution in [0, 0.1) is 0 Å². The summed E-state index contributed by atoms with van der Waals surface area (Å²) in [5.74, 6) is -0.0203. The minimum Gasteiger partial charge on any atom is -0.466 e. The summed E-state index contributed by atoms with van der Waals surface area (Å²) in [7, 11) is 0. The highest BCUT2D eigenvalue weighted by atomic mass is 16.5. The summed E-state index contributed by atoms with van der Waals surface area (Å²) in [4.78, 5) is 11.8. The molecule has 0 aromatic heterocycles. The first-order valence-corrected chi connectivity index (χ1v) is 6.88. The quantitative estimate of drug-likeness (QED) is 0.744. The SMILES string of the molecule is CCOC(=O)CC(C1=CCCC=C1)c1ccccc1. The Labute approximate surface area is 114 Å². The van der Waals surface area contributed by atoms with Crippen LogP contribution in [0.4, 0.5) is 0 Å². The van der Waals surface area contributed by atoms with E-state index in [1.807, 2.05) is 25.1 Å². The molecule has 0 aliphatic heterocycles. The molecule has 1 aliphatic carbocycles. The second-order valence-corrected chi connectivity index (χ2v) is 4.66. The second-order valence-electron chi connectivity index (χ2n) is 4.66. The zero-order valence-corrected chi connectivity index (χ0v) is 11.3. The molecule has 2 rings (SSSR count). The van der Waals surface area contributed by atoms with Gasteiger partial charge >= 0.3 is 5.97 Å². The first-order chi connectivity index (χ1) is 9.31. The lowest BCUT2D eigenvalue weighted by atomic mass is 9.85. The van der Waals surface area contributed by atoms with Crippen molar-refractivity contribution in [1.82, 2.24) is 0 Å². The van der Waals surface area contributed by atoms with Crippen LogP contribution in [0.2, 0.25) is 0 Å². The van der Waals surface area contributed by atoms with E-state index >= 15 is 0 Å². The van der Waals surface area contributed by atoms with Crippen LogP contribution in [0.15, 0.2) is 54.1 Å². The van der Waals surface area contributed by atoms with Crippen molar-refractivity contribution in [3.8, 4) is 0 Å². The van der Waals surface area contributed by atoms with E-state index in [1.54, 1.807) is 0 Å². The van der Waals surface area contributed by atoms with Gasteiger partial charge in [-0.2, -0.15) is 0 Å². The minimum atomic E-state index is -0.128. The number of esters is 1. The average molecular weight is 256 g/mol. The molecule has 0 N–H and O–H groups in total. The second kappa shape index (κ2) is 6.93. The summed E-state index contributed by atoms with van der Waals surface area (Å²) in [6.07, 6.45) is 9.10. The Morgan fingerprint density at radius 1 is 1.26 bits per heavy atom. The van der Waals surface area contributed by atoms with Gasteiger partial charge in [0.2, 0.25) is 0 Å². The summed E-state index contributed by atoms with van der Waals surface area (Å²) in [6, 6.07) is 10.2. The molecule has 1 aliphatic rings. The van der Waals surface area contributed by atoms with Crippen molar-refractivity contribution >= 4 is 5.97 Å². The highest BCUT2D eigenvalue weighted by Crippen LogP contribution is 2.31. The molecule has 2 nitrogen and oxygen atoms in total. The molecule has 1 unspecified atom stereocenters. The smallest absolute Gasteiger partial charge is 0.306 e. The molecule has 0 radical (unpaired) electrons. The van der Waals surface area contributed by atoms with Gasteiger partial charge in [-0.1, -0.05) is 48.6 Å². The van der Waals surface area contributed by atoms with Crippen LogP contribution < -0.4 is 0 Å². The van der Waals surface area contributed by atoms with Crippen LogP contribution in [0.5, 0.6) is 0 Å². The Balaban J connectivity index is 2.20. The number of ether oxygens (including phenoxy) is 1. The van der Waals surface area contributed by atoms with Crippen LogP contribution >= 0.6 is 0 Å². The maximum Gasteiger partial charge on any atom is 0.306 e. The standard InChI is InChI=1S/C17H20O2/c1-2-19-17(18)13-16(14-9-5-3-6-10-14)15-11-7-4-8-12-15/h3,5-7,9-12,16H,2,4,8,13H2,1H3. The lowest BCUT2D eigenvalue weighted by molar-refractivity contribution is -0.143. The Hall–Kier alpha value is -1.83. The number of rotatable bonds is 5. The maximum absolute atomic E-state index is 11.8. The largest absolute Gasteiger partial charge is 0.466 e. The van der Waals surface area contributed by atoms with Gasteiger partial charge in [0.1, 0.15) is 0 Å². The molecule has 19 heavy (non-hydrogen) atoms.